The van der Waals surface area contributed by atoms with Crippen LogP contribution in [0.25, 0.3) is 22.2 Å². The zero-order chi connectivity index (χ0) is 16.5. The van der Waals surface area contributed by atoms with E-state index in [9.17, 15) is 4.79 Å². The topological polar surface area (TPSA) is 59.8 Å². The van der Waals surface area contributed by atoms with Crippen LogP contribution >= 0.6 is 11.3 Å². The first-order chi connectivity index (χ1) is 11.7. The van der Waals surface area contributed by atoms with Crippen molar-refractivity contribution >= 4 is 33.3 Å². The maximum atomic E-state index is 12.6. The number of hydrogen-bond acceptors (Lipinski definition) is 4. The van der Waals surface area contributed by atoms with E-state index in [0.717, 1.165) is 22.2 Å². The standard InChI is InChI=1S/C18H14N4OS/c1-22-10-7-13-14(3-2-4-16(13)22)17(23)21-18-20-15(11-24-18)12-5-8-19-9-6-12/h2-11H,1H3,(H,20,21,23). The molecule has 0 fully saturated rings. The fourth-order valence-electron chi connectivity index (χ4n) is 2.65. The van der Waals surface area contributed by atoms with E-state index in [1.54, 1.807) is 12.4 Å². The predicted octanol–water partition coefficient (Wildman–Crippen LogP) is 3.95. The molecule has 5 nitrogen and oxygen atoms in total. The lowest BCUT2D eigenvalue weighted by Crippen LogP contribution is -2.12. The van der Waals surface area contributed by atoms with Gasteiger partial charge in [0.1, 0.15) is 0 Å². The first kappa shape index (κ1) is 14.6. The van der Waals surface area contributed by atoms with E-state index >= 15 is 0 Å². The van der Waals surface area contributed by atoms with Crippen LogP contribution < -0.4 is 5.32 Å². The molecule has 0 atom stereocenters. The molecule has 4 rings (SSSR count). The highest BCUT2D eigenvalue weighted by molar-refractivity contribution is 7.14. The average Bonchev–Trinajstić information content (AvgIpc) is 3.23. The molecule has 0 aliphatic heterocycles. The van der Waals surface area contributed by atoms with Crippen LogP contribution in [0.5, 0.6) is 0 Å². The van der Waals surface area contributed by atoms with Gasteiger partial charge in [0.05, 0.1) is 5.69 Å². The molecule has 1 N–H and O–H groups in total. The van der Waals surface area contributed by atoms with Gasteiger partial charge in [-0.05, 0) is 30.3 Å². The van der Waals surface area contributed by atoms with Crippen LogP contribution in [-0.2, 0) is 7.05 Å². The summed E-state index contributed by atoms with van der Waals surface area (Å²) in [4.78, 5) is 21.1. The van der Waals surface area contributed by atoms with Gasteiger partial charge in [0.25, 0.3) is 5.91 Å². The van der Waals surface area contributed by atoms with Crippen molar-refractivity contribution in [2.24, 2.45) is 7.05 Å². The second kappa shape index (κ2) is 5.90. The van der Waals surface area contributed by atoms with Crippen molar-refractivity contribution in [1.82, 2.24) is 14.5 Å². The van der Waals surface area contributed by atoms with Crippen LogP contribution in [0.15, 0.2) is 60.4 Å². The fourth-order valence-corrected chi connectivity index (χ4v) is 3.37. The molecule has 118 valence electrons. The van der Waals surface area contributed by atoms with Crippen LogP contribution in [0.3, 0.4) is 0 Å². The summed E-state index contributed by atoms with van der Waals surface area (Å²) >= 11 is 1.41. The Kier molecular flexibility index (Phi) is 3.59. The van der Waals surface area contributed by atoms with Gasteiger partial charge in [0.15, 0.2) is 5.13 Å². The Morgan fingerprint density at radius 2 is 2.00 bits per heavy atom. The van der Waals surface area contributed by atoms with Crippen molar-refractivity contribution < 1.29 is 4.79 Å². The number of nitrogens with one attached hydrogen (secondary N) is 1. The number of aromatic nitrogens is 3. The Morgan fingerprint density at radius 1 is 1.17 bits per heavy atom. The molecule has 0 aliphatic carbocycles. The van der Waals surface area contributed by atoms with Crippen molar-refractivity contribution in [3.8, 4) is 11.3 Å². The zero-order valence-corrected chi connectivity index (χ0v) is 13.7. The first-order valence-corrected chi connectivity index (χ1v) is 8.31. The van der Waals surface area contributed by atoms with Gasteiger partial charge in [-0.3, -0.25) is 15.1 Å². The Bertz CT molecular complexity index is 1020. The van der Waals surface area contributed by atoms with Gasteiger partial charge in [0.2, 0.25) is 0 Å². The SMILES string of the molecule is Cn1ccc2c(C(=O)Nc3nc(-c4ccncc4)cs3)cccc21. The second-order valence-electron chi connectivity index (χ2n) is 5.39. The number of fused-ring (bicyclic) bond motifs is 1. The number of benzene rings is 1. The molecule has 1 aromatic carbocycles. The fraction of sp³-hybridized carbons (Fsp3) is 0.0556. The van der Waals surface area contributed by atoms with E-state index in [1.165, 1.54) is 11.3 Å². The molecule has 1 amide bonds. The molecular weight excluding hydrogens is 320 g/mol. The molecule has 0 bridgehead atoms. The number of pyridine rings is 1. The van der Waals surface area contributed by atoms with E-state index in [2.05, 4.69) is 15.3 Å². The maximum absolute atomic E-state index is 12.6. The van der Waals surface area contributed by atoms with Crippen LogP contribution in [-0.4, -0.2) is 20.4 Å². The van der Waals surface area contributed by atoms with Gasteiger partial charge >= 0.3 is 0 Å². The Labute approximate surface area is 142 Å². The van der Waals surface area contributed by atoms with Crippen molar-refractivity contribution in [2.75, 3.05) is 5.32 Å². The van der Waals surface area contributed by atoms with E-state index in [-0.39, 0.29) is 5.91 Å². The molecule has 0 aliphatic rings. The third-order valence-electron chi connectivity index (χ3n) is 3.87. The largest absolute Gasteiger partial charge is 0.351 e. The minimum Gasteiger partial charge on any atom is -0.351 e. The van der Waals surface area contributed by atoms with E-state index in [0.29, 0.717) is 10.7 Å². The summed E-state index contributed by atoms with van der Waals surface area (Å²) in [7, 11) is 1.96. The van der Waals surface area contributed by atoms with Gasteiger partial charge in [-0.1, -0.05) is 6.07 Å². The van der Waals surface area contributed by atoms with Crippen molar-refractivity contribution in [3.63, 3.8) is 0 Å². The normalized spacial score (nSPS) is 10.9. The molecule has 6 heteroatoms. The summed E-state index contributed by atoms with van der Waals surface area (Å²) in [6.07, 6.45) is 5.40. The van der Waals surface area contributed by atoms with Crippen LogP contribution in [0.2, 0.25) is 0 Å². The number of thiazole rings is 1. The smallest absolute Gasteiger partial charge is 0.258 e. The molecule has 24 heavy (non-hydrogen) atoms. The van der Waals surface area contributed by atoms with Crippen molar-refractivity contribution in [3.05, 3.63) is 65.9 Å². The second-order valence-corrected chi connectivity index (χ2v) is 6.25. The number of rotatable bonds is 3. The minimum atomic E-state index is -0.151. The van der Waals surface area contributed by atoms with Crippen molar-refractivity contribution in [1.29, 1.82) is 0 Å². The summed E-state index contributed by atoms with van der Waals surface area (Å²) in [6.45, 7) is 0. The molecule has 4 aromatic rings. The Balaban J connectivity index is 1.61. The number of nitrogens with zero attached hydrogens (tertiary/aromatic N) is 3. The van der Waals surface area contributed by atoms with Gasteiger partial charge in [-0.25, -0.2) is 4.98 Å². The van der Waals surface area contributed by atoms with Crippen LogP contribution in [0.4, 0.5) is 5.13 Å². The monoisotopic (exact) mass is 334 g/mol. The highest BCUT2D eigenvalue weighted by Gasteiger charge is 2.13. The van der Waals surface area contributed by atoms with Gasteiger partial charge in [-0.2, -0.15) is 0 Å². The molecule has 0 unspecified atom stereocenters. The predicted molar refractivity (Wildman–Crippen MR) is 96.2 cm³/mol. The summed E-state index contributed by atoms with van der Waals surface area (Å²) in [5.74, 6) is -0.151. The lowest BCUT2D eigenvalue weighted by molar-refractivity contribution is 0.102. The average molecular weight is 334 g/mol. The number of hydrogen-bond donors (Lipinski definition) is 1. The zero-order valence-electron chi connectivity index (χ0n) is 12.9. The summed E-state index contributed by atoms with van der Waals surface area (Å²) in [6, 6.07) is 11.5. The third-order valence-corrected chi connectivity index (χ3v) is 4.63. The molecule has 3 heterocycles. The quantitative estimate of drug-likeness (QED) is 0.617. The molecule has 3 aromatic heterocycles. The molecular formula is C18H14N4OS. The summed E-state index contributed by atoms with van der Waals surface area (Å²) < 4.78 is 2.00. The maximum Gasteiger partial charge on any atom is 0.258 e. The van der Waals surface area contributed by atoms with Gasteiger partial charge < -0.3 is 4.57 Å². The lowest BCUT2D eigenvalue weighted by Gasteiger charge is -2.04. The van der Waals surface area contributed by atoms with Gasteiger partial charge in [0, 0.05) is 53.0 Å². The summed E-state index contributed by atoms with van der Waals surface area (Å²) in [5.41, 5.74) is 3.48. The first-order valence-electron chi connectivity index (χ1n) is 7.44. The van der Waals surface area contributed by atoms with Crippen molar-refractivity contribution in [2.45, 2.75) is 0 Å². The van der Waals surface area contributed by atoms with Crippen LogP contribution in [0, 0.1) is 0 Å². The van der Waals surface area contributed by atoms with Gasteiger partial charge in [-0.15, -0.1) is 11.3 Å². The van der Waals surface area contributed by atoms with E-state index in [1.807, 2.05) is 59.6 Å². The third kappa shape index (κ3) is 2.57. The Hall–Kier alpha value is -2.99. The molecule has 0 spiro atoms. The Morgan fingerprint density at radius 3 is 2.83 bits per heavy atom. The number of carbonyl (C=O) groups excluding carboxylic acids is 1. The molecule has 0 saturated carbocycles. The summed E-state index contributed by atoms with van der Waals surface area (Å²) in [5, 5.41) is 6.33. The lowest BCUT2D eigenvalue weighted by atomic mass is 10.1. The number of anilines is 1. The number of amides is 1. The molecule has 0 radical (unpaired) electrons. The molecule has 0 saturated heterocycles. The van der Waals surface area contributed by atoms with E-state index < -0.39 is 0 Å². The van der Waals surface area contributed by atoms with E-state index in [4.69, 9.17) is 0 Å². The van der Waals surface area contributed by atoms with Crippen LogP contribution in [0.1, 0.15) is 10.4 Å². The number of carbonyl (C=O) groups is 1. The highest BCUT2D eigenvalue weighted by Crippen LogP contribution is 2.26. The minimum absolute atomic E-state index is 0.151. The number of aryl methyl sites for hydroxylation is 1. The highest BCUT2D eigenvalue weighted by atomic mass is 32.1.